The molecule has 0 aliphatic rings. The number of halogens is 1. The molecular formula is C17H17ClN2O5. The van der Waals surface area contributed by atoms with Gasteiger partial charge in [0, 0.05) is 6.20 Å². The van der Waals surface area contributed by atoms with Gasteiger partial charge in [-0.15, -0.1) is 0 Å². The van der Waals surface area contributed by atoms with Crippen molar-refractivity contribution in [2.45, 2.75) is 6.92 Å². The van der Waals surface area contributed by atoms with E-state index >= 15 is 0 Å². The van der Waals surface area contributed by atoms with Crippen LogP contribution >= 0.6 is 11.6 Å². The third-order valence-corrected chi connectivity index (χ3v) is 3.37. The molecule has 0 radical (unpaired) electrons. The lowest BCUT2D eigenvalue weighted by Gasteiger charge is -2.11. The van der Waals surface area contributed by atoms with Crippen LogP contribution in [-0.2, 0) is 9.53 Å². The lowest BCUT2D eigenvalue weighted by molar-refractivity contribution is -0.119. The fourth-order valence-corrected chi connectivity index (χ4v) is 2.12. The minimum atomic E-state index is -0.656. The van der Waals surface area contributed by atoms with Crippen molar-refractivity contribution in [2.24, 2.45) is 0 Å². The maximum Gasteiger partial charge on any atom is 0.338 e. The second-order valence-electron chi connectivity index (χ2n) is 4.76. The number of aromatic nitrogens is 1. The number of ether oxygens (including phenoxy) is 3. The van der Waals surface area contributed by atoms with Gasteiger partial charge in [0.15, 0.2) is 23.3 Å². The van der Waals surface area contributed by atoms with Crippen molar-refractivity contribution in [1.29, 1.82) is 0 Å². The minimum Gasteiger partial charge on any atom is -0.493 e. The van der Waals surface area contributed by atoms with Crippen molar-refractivity contribution < 1.29 is 23.8 Å². The Labute approximate surface area is 149 Å². The molecule has 1 aromatic heterocycles. The second kappa shape index (κ2) is 8.89. The molecule has 8 heteroatoms. The van der Waals surface area contributed by atoms with Gasteiger partial charge in [-0.1, -0.05) is 11.6 Å². The number of hydrogen-bond acceptors (Lipinski definition) is 6. The zero-order valence-corrected chi connectivity index (χ0v) is 14.5. The molecular weight excluding hydrogens is 348 g/mol. The summed E-state index contributed by atoms with van der Waals surface area (Å²) >= 11 is 5.84. The van der Waals surface area contributed by atoms with Gasteiger partial charge < -0.3 is 19.5 Å². The van der Waals surface area contributed by atoms with Crippen molar-refractivity contribution in [3.8, 4) is 11.5 Å². The first kappa shape index (κ1) is 18.5. The topological polar surface area (TPSA) is 86.8 Å². The summed E-state index contributed by atoms with van der Waals surface area (Å²) < 4.78 is 15.5. The summed E-state index contributed by atoms with van der Waals surface area (Å²) in [6, 6.07) is 7.84. The van der Waals surface area contributed by atoms with Crippen LogP contribution in [0.25, 0.3) is 0 Å². The van der Waals surface area contributed by atoms with E-state index in [-0.39, 0.29) is 10.7 Å². The van der Waals surface area contributed by atoms with Gasteiger partial charge in [0.05, 0.1) is 25.0 Å². The Morgan fingerprint density at radius 1 is 1.24 bits per heavy atom. The summed E-state index contributed by atoms with van der Waals surface area (Å²) in [6.07, 6.45) is 1.50. The van der Waals surface area contributed by atoms with Crippen LogP contribution in [0.5, 0.6) is 11.5 Å². The van der Waals surface area contributed by atoms with Crippen LogP contribution in [0.1, 0.15) is 17.3 Å². The lowest BCUT2D eigenvalue weighted by atomic mass is 10.2. The molecule has 7 nitrogen and oxygen atoms in total. The van der Waals surface area contributed by atoms with Crippen LogP contribution in [0.4, 0.5) is 5.69 Å². The largest absolute Gasteiger partial charge is 0.493 e. The molecule has 1 N–H and O–H groups in total. The first-order valence-electron chi connectivity index (χ1n) is 7.43. The summed E-state index contributed by atoms with van der Waals surface area (Å²) in [5.74, 6) is -0.258. The average Bonchev–Trinajstić information content (AvgIpc) is 2.62. The highest BCUT2D eigenvalue weighted by Gasteiger charge is 2.14. The summed E-state index contributed by atoms with van der Waals surface area (Å²) in [4.78, 5) is 27.8. The highest BCUT2D eigenvalue weighted by Crippen LogP contribution is 2.28. The van der Waals surface area contributed by atoms with Gasteiger partial charge in [-0.25, -0.2) is 9.78 Å². The third-order valence-electron chi connectivity index (χ3n) is 3.07. The molecule has 0 fully saturated rings. The molecule has 132 valence electrons. The van der Waals surface area contributed by atoms with E-state index in [0.29, 0.717) is 23.8 Å². The smallest absolute Gasteiger partial charge is 0.338 e. The number of amides is 1. The molecule has 0 saturated heterocycles. The molecule has 0 bridgehead atoms. The van der Waals surface area contributed by atoms with Gasteiger partial charge in [0.1, 0.15) is 0 Å². The van der Waals surface area contributed by atoms with Gasteiger partial charge in [-0.3, -0.25) is 4.79 Å². The number of hydrogen-bond donors (Lipinski definition) is 1. The van der Waals surface area contributed by atoms with Crippen molar-refractivity contribution in [3.05, 3.63) is 47.2 Å². The van der Waals surface area contributed by atoms with Gasteiger partial charge in [-0.05, 0) is 37.3 Å². The number of nitrogens with one attached hydrogen (secondary N) is 1. The Kier molecular flexibility index (Phi) is 6.59. The predicted molar refractivity (Wildman–Crippen MR) is 92.3 cm³/mol. The van der Waals surface area contributed by atoms with E-state index in [4.69, 9.17) is 25.8 Å². The van der Waals surface area contributed by atoms with E-state index < -0.39 is 18.5 Å². The zero-order chi connectivity index (χ0) is 18.2. The SMILES string of the molecule is CCOc1cc(C(=O)OCC(=O)Nc2cccnc2Cl)ccc1OC. The Balaban J connectivity index is 1.96. The lowest BCUT2D eigenvalue weighted by Crippen LogP contribution is -2.21. The molecule has 1 heterocycles. The average molecular weight is 365 g/mol. The van der Waals surface area contributed by atoms with Crippen LogP contribution in [0.3, 0.4) is 0 Å². The Bertz CT molecular complexity index is 766. The van der Waals surface area contributed by atoms with E-state index in [1.807, 2.05) is 6.92 Å². The zero-order valence-electron chi connectivity index (χ0n) is 13.7. The number of nitrogens with zero attached hydrogens (tertiary/aromatic N) is 1. The standard InChI is InChI=1S/C17H17ClN2O5/c1-3-24-14-9-11(6-7-13(14)23-2)17(22)25-10-15(21)20-12-5-4-8-19-16(12)18/h4-9H,3,10H2,1-2H3,(H,20,21). The summed E-state index contributed by atoms with van der Waals surface area (Å²) in [5, 5.41) is 2.66. The van der Waals surface area contributed by atoms with Gasteiger partial charge in [0.2, 0.25) is 0 Å². The maximum absolute atomic E-state index is 12.1. The fourth-order valence-electron chi connectivity index (χ4n) is 1.95. The second-order valence-corrected chi connectivity index (χ2v) is 5.12. The maximum atomic E-state index is 12.1. The number of benzene rings is 1. The van der Waals surface area contributed by atoms with E-state index in [0.717, 1.165) is 0 Å². The predicted octanol–water partition coefficient (Wildman–Crippen LogP) is 2.94. The first-order chi connectivity index (χ1) is 12.0. The van der Waals surface area contributed by atoms with Gasteiger partial charge >= 0.3 is 5.97 Å². The molecule has 0 spiro atoms. The van der Waals surface area contributed by atoms with Crippen molar-refractivity contribution >= 4 is 29.2 Å². The number of carbonyl (C=O) groups is 2. The van der Waals surface area contributed by atoms with Gasteiger partial charge in [-0.2, -0.15) is 0 Å². The summed E-state index contributed by atoms with van der Waals surface area (Å²) in [7, 11) is 1.50. The van der Waals surface area contributed by atoms with Crippen molar-refractivity contribution in [3.63, 3.8) is 0 Å². The highest BCUT2D eigenvalue weighted by molar-refractivity contribution is 6.32. The molecule has 0 aliphatic carbocycles. The Hall–Kier alpha value is -2.80. The molecule has 1 aromatic carbocycles. The molecule has 0 saturated carbocycles. The molecule has 2 rings (SSSR count). The number of anilines is 1. The molecule has 0 unspecified atom stereocenters. The number of rotatable bonds is 7. The van der Waals surface area contributed by atoms with E-state index in [1.165, 1.54) is 25.4 Å². The first-order valence-corrected chi connectivity index (χ1v) is 7.81. The minimum absolute atomic E-state index is 0.152. The van der Waals surface area contributed by atoms with Crippen LogP contribution in [0.15, 0.2) is 36.5 Å². The van der Waals surface area contributed by atoms with Crippen LogP contribution in [0, 0.1) is 0 Å². The van der Waals surface area contributed by atoms with E-state index in [1.54, 1.807) is 18.2 Å². The Morgan fingerprint density at radius 3 is 2.72 bits per heavy atom. The quantitative estimate of drug-likeness (QED) is 0.600. The Morgan fingerprint density at radius 2 is 2.04 bits per heavy atom. The summed E-state index contributed by atoms with van der Waals surface area (Å²) in [6.45, 7) is 1.78. The highest BCUT2D eigenvalue weighted by atomic mass is 35.5. The van der Waals surface area contributed by atoms with Crippen LogP contribution < -0.4 is 14.8 Å². The van der Waals surface area contributed by atoms with Crippen LogP contribution in [-0.4, -0.2) is 37.2 Å². The normalized spacial score (nSPS) is 10.0. The van der Waals surface area contributed by atoms with Crippen LogP contribution in [0.2, 0.25) is 5.15 Å². The number of esters is 1. The molecule has 2 aromatic rings. The van der Waals surface area contributed by atoms with Crippen molar-refractivity contribution in [2.75, 3.05) is 25.6 Å². The summed E-state index contributed by atoms with van der Waals surface area (Å²) in [5.41, 5.74) is 0.588. The monoisotopic (exact) mass is 364 g/mol. The van der Waals surface area contributed by atoms with Gasteiger partial charge in [0.25, 0.3) is 5.91 Å². The number of pyridine rings is 1. The third kappa shape index (κ3) is 5.09. The number of methoxy groups -OCH3 is 1. The molecule has 0 aliphatic heterocycles. The molecule has 0 atom stereocenters. The molecule has 1 amide bonds. The molecule has 25 heavy (non-hydrogen) atoms. The number of carbonyl (C=O) groups excluding carboxylic acids is 2. The van der Waals surface area contributed by atoms with Crippen molar-refractivity contribution in [1.82, 2.24) is 4.98 Å². The fraction of sp³-hybridized carbons (Fsp3) is 0.235. The van der Waals surface area contributed by atoms with E-state index in [2.05, 4.69) is 10.3 Å². The van der Waals surface area contributed by atoms with E-state index in [9.17, 15) is 9.59 Å².